The Morgan fingerprint density at radius 2 is 2.06 bits per heavy atom. The lowest BCUT2D eigenvalue weighted by Crippen LogP contribution is -2.19. The van der Waals surface area contributed by atoms with Crippen LogP contribution in [0, 0.1) is 16.0 Å². The number of nitro groups is 1. The van der Waals surface area contributed by atoms with Crippen LogP contribution >= 0.6 is 0 Å². The average Bonchev–Trinajstić information content (AvgIpc) is 2.16. The topological polar surface area (TPSA) is 91.3 Å². The van der Waals surface area contributed by atoms with Gasteiger partial charge >= 0.3 is 5.69 Å². The van der Waals surface area contributed by atoms with Crippen LogP contribution in [0.2, 0.25) is 0 Å². The molecule has 1 rings (SSSR count). The molecule has 1 heterocycles. The Morgan fingerprint density at radius 3 is 2.50 bits per heavy atom. The van der Waals surface area contributed by atoms with E-state index in [9.17, 15) is 10.1 Å². The van der Waals surface area contributed by atoms with E-state index in [0.29, 0.717) is 11.8 Å². The van der Waals surface area contributed by atoms with E-state index in [-0.39, 0.29) is 17.6 Å². The van der Waals surface area contributed by atoms with Gasteiger partial charge in [-0.1, -0.05) is 13.8 Å². The highest BCUT2D eigenvalue weighted by Gasteiger charge is 2.15. The molecule has 1 aromatic heterocycles. The van der Waals surface area contributed by atoms with Crippen LogP contribution in [0.5, 0.6) is 5.88 Å². The summed E-state index contributed by atoms with van der Waals surface area (Å²) in [4.78, 5) is 13.8. The second kappa shape index (κ2) is 4.78. The predicted octanol–water partition coefficient (Wildman–Crippen LogP) is 2.00. The van der Waals surface area contributed by atoms with Crippen molar-refractivity contribution in [2.24, 2.45) is 5.92 Å². The molecule has 0 fully saturated rings. The number of hydrogen-bond donors (Lipinski definition) is 1. The van der Waals surface area contributed by atoms with Crippen molar-refractivity contribution >= 4 is 11.5 Å². The Hall–Kier alpha value is -1.85. The zero-order valence-corrected chi connectivity index (χ0v) is 9.51. The number of pyridine rings is 1. The van der Waals surface area contributed by atoms with Crippen molar-refractivity contribution in [3.63, 3.8) is 0 Å². The summed E-state index contributed by atoms with van der Waals surface area (Å²) < 4.78 is 5.48. The molecule has 0 amide bonds. The van der Waals surface area contributed by atoms with Crippen LogP contribution in [0.1, 0.15) is 20.8 Å². The summed E-state index contributed by atoms with van der Waals surface area (Å²) in [6, 6.07) is 2.75. The standard InChI is InChI=1S/C10H15N3O3/c1-6(2)7(3)16-9-5-4-8(13(14)15)10(11)12-9/h4-7H,1-3H3,(H2,11,12). The summed E-state index contributed by atoms with van der Waals surface area (Å²) >= 11 is 0. The molecule has 16 heavy (non-hydrogen) atoms. The highest BCUT2D eigenvalue weighted by molar-refractivity contribution is 5.53. The first-order chi connectivity index (χ1) is 7.41. The Balaban J connectivity index is 2.85. The number of hydrogen-bond acceptors (Lipinski definition) is 5. The Bertz CT molecular complexity index is 393. The van der Waals surface area contributed by atoms with Gasteiger partial charge in [0.25, 0.3) is 0 Å². The van der Waals surface area contributed by atoms with Crippen LogP contribution in [-0.4, -0.2) is 16.0 Å². The van der Waals surface area contributed by atoms with E-state index in [4.69, 9.17) is 10.5 Å². The van der Waals surface area contributed by atoms with Crippen LogP contribution < -0.4 is 10.5 Å². The molecular weight excluding hydrogens is 210 g/mol. The third-order valence-corrected chi connectivity index (χ3v) is 2.32. The van der Waals surface area contributed by atoms with Gasteiger partial charge in [0.2, 0.25) is 11.7 Å². The molecule has 1 unspecified atom stereocenters. The zero-order chi connectivity index (χ0) is 12.3. The van der Waals surface area contributed by atoms with Gasteiger partial charge < -0.3 is 10.5 Å². The van der Waals surface area contributed by atoms with Gasteiger partial charge in [-0.2, -0.15) is 4.98 Å². The molecule has 0 aliphatic carbocycles. The van der Waals surface area contributed by atoms with Crippen LogP contribution in [0.15, 0.2) is 12.1 Å². The summed E-state index contributed by atoms with van der Waals surface area (Å²) in [7, 11) is 0. The summed E-state index contributed by atoms with van der Waals surface area (Å²) in [5.41, 5.74) is 5.24. The molecule has 6 nitrogen and oxygen atoms in total. The lowest BCUT2D eigenvalue weighted by molar-refractivity contribution is -0.384. The van der Waals surface area contributed by atoms with Gasteiger partial charge in [0, 0.05) is 12.1 Å². The SMILES string of the molecule is CC(C)C(C)Oc1ccc([N+](=O)[O-])c(N)n1. The number of aromatic nitrogens is 1. The highest BCUT2D eigenvalue weighted by atomic mass is 16.6. The zero-order valence-electron chi connectivity index (χ0n) is 9.51. The van der Waals surface area contributed by atoms with Crippen LogP contribution in [0.25, 0.3) is 0 Å². The molecule has 0 aliphatic rings. The lowest BCUT2D eigenvalue weighted by Gasteiger charge is -2.17. The van der Waals surface area contributed by atoms with Gasteiger partial charge in [-0.05, 0) is 12.8 Å². The average molecular weight is 225 g/mol. The third kappa shape index (κ3) is 2.82. The van der Waals surface area contributed by atoms with E-state index in [1.807, 2.05) is 20.8 Å². The molecule has 88 valence electrons. The fourth-order valence-corrected chi connectivity index (χ4v) is 0.995. The largest absolute Gasteiger partial charge is 0.474 e. The Kier molecular flexibility index (Phi) is 3.65. The van der Waals surface area contributed by atoms with Crippen molar-refractivity contribution in [2.75, 3.05) is 5.73 Å². The van der Waals surface area contributed by atoms with Crippen molar-refractivity contribution in [1.82, 2.24) is 4.98 Å². The molecule has 0 bridgehead atoms. The fraction of sp³-hybridized carbons (Fsp3) is 0.500. The monoisotopic (exact) mass is 225 g/mol. The highest BCUT2D eigenvalue weighted by Crippen LogP contribution is 2.23. The first-order valence-electron chi connectivity index (χ1n) is 4.99. The van der Waals surface area contributed by atoms with E-state index in [1.54, 1.807) is 0 Å². The lowest BCUT2D eigenvalue weighted by atomic mass is 10.1. The second-order valence-electron chi connectivity index (χ2n) is 3.88. The van der Waals surface area contributed by atoms with E-state index < -0.39 is 4.92 Å². The molecule has 1 atom stereocenters. The minimum absolute atomic E-state index is 0.0200. The predicted molar refractivity (Wildman–Crippen MR) is 60.2 cm³/mol. The molecule has 0 saturated carbocycles. The fourth-order valence-electron chi connectivity index (χ4n) is 0.995. The number of anilines is 1. The number of ether oxygens (including phenoxy) is 1. The molecule has 2 N–H and O–H groups in total. The smallest absolute Gasteiger partial charge is 0.311 e. The van der Waals surface area contributed by atoms with Crippen molar-refractivity contribution in [3.05, 3.63) is 22.2 Å². The maximum Gasteiger partial charge on any atom is 0.311 e. The minimum atomic E-state index is -0.571. The number of rotatable bonds is 4. The molecule has 0 aliphatic heterocycles. The molecule has 6 heteroatoms. The van der Waals surface area contributed by atoms with E-state index in [1.165, 1.54) is 12.1 Å². The van der Waals surface area contributed by atoms with Crippen LogP contribution in [0.4, 0.5) is 11.5 Å². The third-order valence-electron chi connectivity index (χ3n) is 2.32. The quantitative estimate of drug-likeness (QED) is 0.625. The maximum absolute atomic E-state index is 10.5. The maximum atomic E-state index is 10.5. The molecular formula is C10H15N3O3. The van der Waals surface area contributed by atoms with Crippen LogP contribution in [-0.2, 0) is 0 Å². The first-order valence-corrected chi connectivity index (χ1v) is 4.99. The van der Waals surface area contributed by atoms with Gasteiger partial charge in [0.05, 0.1) is 11.0 Å². The van der Waals surface area contributed by atoms with Gasteiger partial charge in [-0.3, -0.25) is 10.1 Å². The summed E-state index contributed by atoms with van der Waals surface area (Å²) in [6.07, 6.45) is -0.0200. The molecule has 0 radical (unpaired) electrons. The number of nitrogens with zero attached hydrogens (tertiary/aromatic N) is 2. The van der Waals surface area contributed by atoms with Crippen molar-refractivity contribution in [2.45, 2.75) is 26.9 Å². The molecule has 0 saturated heterocycles. The van der Waals surface area contributed by atoms with Crippen molar-refractivity contribution in [3.8, 4) is 5.88 Å². The van der Waals surface area contributed by atoms with Gasteiger partial charge in [0.15, 0.2) is 0 Å². The second-order valence-corrected chi connectivity index (χ2v) is 3.88. The van der Waals surface area contributed by atoms with E-state index >= 15 is 0 Å². The van der Waals surface area contributed by atoms with Crippen LogP contribution in [0.3, 0.4) is 0 Å². The molecule has 1 aromatic rings. The van der Waals surface area contributed by atoms with Crippen molar-refractivity contribution < 1.29 is 9.66 Å². The summed E-state index contributed by atoms with van der Waals surface area (Å²) in [6.45, 7) is 5.93. The van der Waals surface area contributed by atoms with Crippen molar-refractivity contribution in [1.29, 1.82) is 0 Å². The first kappa shape index (κ1) is 12.2. The summed E-state index contributed by atoms with van der Waals surface area (Å²) in [5.74, 6) is 0.515. The Morgan fingerprint density at radius 1 is 1.44 bits per heavy atom. The molecule has 0 spiro atoms. The minimum Gasteiger partial charge on any atom is -0.474 e. The van der Waals surface area contributed by atoms with E-state index in [2.05, 4.69) is 4.98 Å². The number of nitrogens with two attached hydrogens (primary N) is 1. The van der Waals surface area contributed by atoms with Gasteiger partial charge in [0.1, 0.15) is 0 Å². The van der Waals surface area contributed by atoms with Gasteiger partial charge in [-0.25, -0.2) is 0 Å². The normalized spacial score (nSPS) is 12.5. The number of nitrogen functional groups attached to an aromatic ring is 1. The van der Waals surface area contributed by atoms with Gasteiger partial charge in [-0.15, -0.1) is 0 Å². The summed E-state index contributed by atoms with van der Waals surface area (Å²) in [5, 5.41) is 10.5. The molecule has 0 aromatic carbocycles. The van der Waals surface area contributed by atoms with E-state index in [0.717, 1.165) is 0 Å². The Labute approximate surface area is 93.6 Å².